The van der Waals surface area contributed by atoms with E-state index >= 15 is 0 Å². The van der Waals surface area contributed by atoms with E-state index in [4.69, 9.17) is 0 Å². The highest BCUT2D eigenvalue weighted by Gasteiger charge is 2.20. The van der Waals surface area contributed by atoms with Gasteiger partial charge >= 0.3 is 0 Å². The van der Waals surface area contributed by atoms with Gasteiger partial charge in [0.2, 0.25) is 0 Å². The third-order valence-corrected chi connectivity index (χ3v) is 3.33. The Morgan fingerprint density at radius 1 is 1.53 bits per heavy atom. The Bertz CT molecular complexity index is 501. The van der Waals surface area contributed by atoms with Gasteiger partial charge in [-0.2, -0.15) is 0 Å². The first kappa shape index (κ1) is 15.7. The SMILES string of the molecule is CC1CC(NC(=O)c2ccn(C)c(=O)c2)CCN1.Cl. The van der Waals surface area contributed by atoms with Gasteiger partial charge in [-0.05, 0) is 32.4 Å². The predicted octanol–water partition coefficient (Wildman–Crippen LogP) is 0.677. The van der Waals surface area contributed by atoms with Crippen LogP contribution in [-0.2, 0) is 7.05 Å². The number of pyridine rings is 1. The number of hydrogen-bond acceptors (Lipinski definition) is 3. The van der Waals surface area contributed by atoms with Crippen molar-refractivity contribution in [1.29, 1.82) is 0 Å². The van der Waals surface area contributed by atoms with Crippen molar-refractivity contribution in [2.24, 2.45) is 7.05 Å². The number of nitrogens with zero attached hydrogens (tertiary/aromatic N) is 1. The summed E-state index contributed by atoms with van der Waals surface area (Å²) in [5.41, 5.74) is 0.269. The normalized spacial score (nSPS) is 22.4. The Morgan fingerprint density at radius 2 is 2.26 bits per heavy atom. The molecule has 0 radical (unpaired) electrons. The highest BCUT2D eigenvalue weighted by Crippen LogP contribution is 2.09. The van der Waals surface area contributed by atoms with Crippen LogP contribution >= 0.6 is 12.4 Å². The van der Waals surface area contributed by atoms with Crippen molar-refractivity contribution < 1.29 is 4.79 Å². The number of halogens is 1. The van der Waals surface area contributed by atoms with Crippen molar-refractivity contribution in [3.63, 3.8) is 0 Å². The van der Waals surface area contributed by atoms with Crippen LogP contribution in [0.25, 0.3) is 0 Å². The highest BCUT2D eigenvalue weighted by molar-refractivity contribution is 5.94. The fourth-order valence-electron chi connectivity index (χ4n) is 2.22. The largest absolute Gasteiger partial charge is 0.349 e. The molecule has 0 aromatic carbocycles. The topological polar surface area (TPSA) is 63.1 Å². The molecule has 0 bridgehead atoms. The van der Waals surface area contributed by atoms with Gasteiger partial charge in [0.15, 0.2) is 0 Å². The van der Waals surface area contributed by atoms with Crippen LogP contribution in [0, 0.1) is 0 Å². The maximum atomic E-state index is 12.0. The van der Waals surface area contributed by atoms with Gasteiger partial charge in [0.05, 0.1) is 0 Å². The molecule has 1 aromatic rings. The van der Waals surface area contributed by atoms with Crippen molar-refractivity contribution in [2.75, 3.05) is 6.54 Å². The second-order valence-corrected chi connectivity index (χ2v) is 4.91. The van der Waals surface area contributed by atoms with E-state index in [2.05, 4.69) is 17.6 Å². The summed E-state index contributed by atoms with van der Waals surface area (Å²) < 4.78 is 1.45. The molecule has 2 heterocycles. The standard InChI is InChI=1S/C13H19N3O2.ClH/c1-9-7-11(3-5-14-9)15-13(18)10-4-6-16(2)12(17)8-10;/h4,6,8-9,11,14H,3,5,7H2,1-2H3,(H,15,18);1H. The molecule has 2 unspecified atom stereocenters. The molecule has 1 aliphatic rings. The van der Waals surface area contributed by atoms with Crippen LogP contribution in [0.5, 0.6) is 0 Å². The molecule has 1 aromatic heterocycles. The molecule has 5 nitrogen and oxygen atoms in total. The molecule has 0 aliphatic carbocycles. The first-order chi connectivity index (χ1) is 8.56. The van der Waals surface area contributed by atoms with Gasteiger partial charge in [0.25, 0.3) is 11.5 Å². The summed E-state index contributed by atoms with van der Waals surface area (Å²) in [6.07, 6.45) is 3.47. The quantitative estimate of drug-likeness (QED) is 0.840. The number of amides is 1. The van der Waals surface area contributed by atoms with Crippen molar-refractivity contribution in [3.05, 3.63) is 34.2 Å². The average Bonchev–Trinajstić information content (AvgIpc) is 2.32. The smallest absolute Gasteiger partial charge is 0.251 e. The number of nitrogens with one attached hydrogen (secondary N) is 2. The number of piperidine rings is 1. The average molecular weight is 286 g/mol. The minimum Gasteiger partial charge on any atom is -0.349 e. The molecule has 1 fully saturated rings. The molecule has 2 atom stereocenters. The van der Waals surface area contributed by atoms with Gasteiger partial charge < -0.3 is 15.2 Å². The van der Waals surface area contributed by atoms with E-state index in [0.29, 0.717) is 11.6 Å². The maximum absolute atomic E-state index is 12.0. The summed E-state index contributed by atoms with van der Waals surface area (Å²) in [5, 5.41) is 6.32. The minimum atomic E-state index is -0.165. The number of aryl methyl sites for hydroxylation is 1. The highest BCUT2D eigenvalue weighted by atomic mass is 35.5. The lowest BCUT2D eigenvalue weighted by atomic mass is 10.0. The molecule has 1 saturated heterocycles. The van der Waals surface area contributed by atoms with Crippen molar-refractivity contribution in [3.8, 4) is 0 Å². The third kappa shape index (κ3) is 4.08. The molecule has 106 valence electrons. The van der Waals surface area contributed by atoms with Crippen molar-refractivity contribution in [2.45, 2.75) is 31.8 Å². The van der Waals surface area contributed by atoms with Crippen LogP contribution in [0.2, 0.25) is 0 Å². The Balaban J connectivity index is 0.00000180. The van der Waals surface area contributed by atoms with Crippen LogP contribution in [0.3, 0.4) is 0 Å². The number of carbonyl (C=O) groups excluding carboxylic acids is 1. The maximum Gasteiger partial charge on any atom is 0.251 e. The summed E-state index contributed by atoms with van der Waals surface area (Å²) in [7, 11) is 1.67. The molecule has 0 spiro atoms. The molecule has 6 heteroatoms. The van der Waals surface area contributed by atoms with Crippen LogP contribution < -0.4 is 16.2 Å². The van der Waals surface area contributed by atoms with Gasteiger partial charge in [0.1, 0.15) is 0 Å². The van der Waals surface area contributed by atoms with E-state index in [1.807, 2.05) is 0 Å². The molecule has 2 N–H and O–H groups in total. The zero-order valence-electron chi connectivity index (χ0n) is 11.2. The fourth-order valence-corrected chi connectivity index (χ4v) is 2.22. The van der Waals surface area contributed by atoms with Crippen LogP contribution in [-0.4, -0.2) is 29.1 Å². The van der Waals surface area contributed by atoms with E-state index in [9.17, 15) is 9.59 Å². The van der Waals surface area contributed by atoms with E-state index < -0.39 is 0 Å². The monoisotopic (exact) mass is 285 g/mol. The van der Waals surface area contributed by atoms with E-state index in [-0.39, 0.29) is 29.9 Å². The lowest BCUT2D eigenvalue weighted by molar-refractivity contribution is 0.0925. The first-order valence-electron chi connectivity index (χ1n) is 6.27. The number of hydrogen-bond donors (Lipinski definition) is 2. The Kier molecular flexibility index (Phi) is 5.57. The molecule has 0 saturated carbocycles. The van der Waals surface area contributed by atoms with Gasteiger partial charge in [-0.15, -0.1) is 12.4 Å². The third-order valence-electron chi connectivity index (χ3n) is 3.33. The molecular formula is C13H20ClN3O2. The molecule has 2 rings (SSSR count). The Morgan fingerprint density at radius 3 is 2.89 bits per heavy atom. The summed E-state index contributed by atoms with van der Waals surface area (Å²) in [4.78, 5) is 23.5. The molecule has 19 heavy (non-hydrogen) atoms. The summed E-state index contributed by atoms with van der Waals surface area (Å²) in [6, 6.07) is 3.66. The molecular weight excluding hydrogens is 266 g/mol. The molecule has 1 amide bonds. The Hall–Kier alpha value is -1.33. The van der Waals surface area contributed by atoms with Crippen LogP contribution in [0.1, 0.15) is 30.1 Å². The zero-order chi connectivity index (χ0) is 13.1. The lowest BCUT2D eigenvalue weighted by Crippen LogP contribution is -2.46. The van der Waals surface area contributed by atoms with Gasteiger partial charge in [-0.3, -0.25) is 9.59 Å². The Labute approximate surface area is 118 Å². The minimum absolute atomic E-state index is 0. The summed E-state index contributed by atoms with van der Waals surface area (Å²) in [5.74, 6) is -0.160. The first-order valence-corrected chi connectivity index (χ1v) is 6.27. The number of rotatable bonds is 2. The second-order valence-electron chi connectivity index (χ2n) is 4.91. The van der Waals surface area contributed by atoms with Gasteiger partial charge in [0, 0.05) is 37.0 Å². The van der Waals surface area contributed by atoms with E-state index in [0.717, 1.165) is 19.4 Å². The van der Waals surface area contributed by atoms with E-state index in [1.165, 1.54) is 10.6 Å². The van der Waals surface area contributed by atoms with Crippen molar-refractivity contribution in [1.82, 2.24) is 15.2 Å². The number of carbonyl (C=O) groups is 1. The van der Waals surface area contributed by atoms with Crippen molar-refractivity contribution >= 4 is 18.3 Å². The van der Waals surface area contributed by atoms with Crippen LogP contribution in [0.15, 0.2) is 23.1 Å². The predicted molar refractivity (Wildman–Crippen MR) is 76.9 cm³/mol. The van der Waals surface area contributed by atoms with Crippen LogP contribution in [0.4, 0.5) is 0 Å². The summed E-state index contributed by atoms with van der Waals surface area (Å²) >= 11 is 0. The number of aromatic nitrogens is 1. The van der Waals surface area contributed by atoms with E-state index in [1.54, 1.807) is 19.3 Å². The molecule has 1 aliphatic heterocycles. The second kappa shape index (κ2) is 6.73. The summed E-state index contributed by atoms with van der Waals surface area (Å²) in [6.45, 7) is 3.03. The van der Waals surface area contributed by atoms with Gasteiger partial charge in [-0.25, -0.2) is 0 Å². The zero-order valence-corrected chi connectivity index (χ0v) is 12.0. The fraction of sp³-hybridized carbons (Fsp3) is 0.538. The lowest BCUT2D eigenvalue weighted by Gasteiger charge is -2.28. The van der Waals surface area contributed by atoms with Gasteiger partial charge in [-0.1, -0.05) is 0 Å².